The van der Waals surface area contributed by atoms with E-state index in [-0.39, 0.29) is 23.4 Å². The number of hydrogen-bond acceptors (Lipinski definition) is 9. The van der Waals surface area contributed by atoms with Crippen molar-refractivity contribution in [3.05, 3.63) is 120 Å². The van der Waals surface area contributed by atoms with Crippen LogP contribution in [0.5, 0.6) is 0 Å². The topological polar surface area (TPSA) is 66.2 Å². The zero-order valence-electron chi connectivity index (χ0n) is 30.4. The van der Waals surface area contributed by atoms with Crippen LogP contribution in [-0.2, 0) is 26.1 Å². The lowest BCUT2D eigenvalue weighted by Crippen LogP contribution is -2.25. The van der Waals surface area contributed by atoms with E-state index in [1.54, 1.807) is 0 Å². The molecule has 0 radical (unpaired) electrons. The summed E-state index contributed by atoms with van der Waals surface area (Å²) in [6.07, 6.45) is 20.5. The van der Waals surface area contributed by atoms with Crippen LogP contribution in [0, 0.1) is 0 Å². The van der Waals surface area contributed by atoms with Gasteiger partial charge in [-0.25, -0.2) is 4.57 Å². The maximum absolute atomic E-state index is 12.1. The van der Waals surface area contributed by atoms with E-state index in [4.69, 9.17) is 9.47 Å². The molecule has 4 rings (SSSR count). The number of aromatic nitrogens is 1. The van der Waals surface area contributed by atoms with Crippen molar-refractivity contribution < 1.29 is 23.6 Å². The van der Waals surface area contributed by atoms with Crippen LogP contribution in [0.1, 0.15) is 36.5 Å². The van der Waals surface area contributed by atoms with Crippen molar-refractivity contribution in [3.8, 4) is 0 Å². The predicted molar refractivity (Wildman–Crippen MR) is 216 cm³/mol. The average molecular weight is 728 g/mol. The standard InChI is InChI=1S/C41H51N4O4S2/c1-33-30-37(22-27-43(33)3)11-10-35-14-18-39(19-15-35)45(5)24-7-29-49-41(47)32-51-50-31-40(46)48-28-6-23-44(4)38-16-12-34(13-17-38)8-9-36-20-25-42(2)26-21-36/h8-22,25-27,30,33H,6-7,23-24,28-29,31-32H2,1-5H3/q+1/b11-10+. The Bertz CT molecular complexity index is 1650. The molecule has 1 aliphatic rings. The third-order valence-corrected chi connectivity index (χ3v) is 10.5. The lowest BCUT2D eigenvalue weighted by molar-refractivity contribution is -0.671. The van der Waals surface area contributed by atoms with Crippen LogP contribution in [0.2, 0.25) is 0 Å². The Morgan fingerprint density at radius 1 is 0.745 bits per heavy atom. The molecule has 8 nitrogen and oxygen atoms in total. The van der Waals surface area contributed by atoms with Gasteiger partial charge in [0.25, 0.3) is 0 Å². The highest BCUT2D eigenvalue weighted by molar-refractivity contribution is 8.77. The third kappa shape index (κ3) is 14.4. The summed E-state index contributed by atoms with van der Waals surface area (Å²) in [7, 11) is 10.8. The van der Waals surface area contributed by atoms with Crippen molar-refractivity contribution >= 4 is 63.1 Å². The van der Waals surface area contributed by atoms with Crippen LogP contribution in [0.4, 0.5) is 11.4 Å². The summed E-state index contributed by atoms with van der Waals surface area (Å²) in [5.74, 6) is -0.174. The first-order valence-electron chi connectivity index (χ1n) is 17.3. The van der Waals surface area contributed by atoms with E-state index in [9.17, 15) is 9.59 Å². The fourth-order valence-corrected chi connectivity index (χ4v) is 6.69. The molecule has 0 saturated carbocycles. The van der Waals surface area contributed by atoms with Crippen molar-refractivity contribution in [2.24, 2.45) is 7.05 Å². The Morgan fingerprint density at radius 2 is 1.20 bits per heavy atom. The monoisotopic (exact) mass is 727 g/mol. The molecule has 2 heterocycles. The number of anilines is 2. The van der Waals surface area contributed by atoms with Gasteiger partial charge in [-0.1, -0.05) is 76.2 Å². The first kappa shape index (κ1) is 39.4. The van der Waals surface area contributed by atoms with Crippen LogP contribution in [0.15, 0.2) is 103 Å². The molecule has 3 aromatic rings. The molecule has 0 bridgehead atoms. The van der Waals surface area contributed by atoms with Crippen molar-refractivity contribution in [1.29, 1.82) is 0 Å². The van der Waals surface area contributed by atoms with Gasteiger partial charge in [0, 0.05) is 63.8 Å². The largest absolute Gasteiger partial charge is 0.465 e. The van der Waals surface area contributed by atoms with Crippen molar-refractivity contribution in [1.82, 2.24) is 4.90 Å². The fraction of sp³-hybridized carbons (Fsp3) is 0.341. The molecule has 10 heteroatoms. The fourth-order valence-electron chi connectivity index (χ4n) is 5.09. The van der Waals surface area contributed by atoms with Gasteiger partial charge in [0.15, 0.2) is 12.4 Å². The average Bonchev–Trinajstić information content (AvgIpc) is 3.14. The summed E-state index contributed by atoms with van der Waals surface area (Å²) in [6, 6.07) is 21.4. The molecule has 2 aromatic carbocycles. The van der Waals surface area contributed by atoms with Crippen LogP contribution in [0.25, 0.3) is 18.2 Å². The molecule has 0 fully saturated rings. The van der Waals surface area contributed by atoms with Crippen molar-refractivity contribution in [2.75, 3.05) is 68.8 Å². The molecule has 1 atom stereocenters. The number of pyridine rings is 1. The van der Waals surface area contributed by atoms with Crippen LogP contribution in [0.3, 0.4) is 0 Å². The molecule has 51 heavy (non-hydrogen) atoms. The molecule has 0 spiro atoms. The third-order valence-electron chi connectivity index (χ3n) is 8.43. The summed E-state index contributed by atoms with van der Waals surface area (Å²) in [5.41, 5.74) is 6.88. The van der Waals surface area contributed by atoms with Crippen molar-refractivity contribution in [3.63, 3.8) is 0 Å². The van der Waals surface area contributed by atoms with E-state index in [1.165, 1.54) is 27.2 Å². The number of allylic oxidation sites excluding steroid dienone is 3. The number of esters is 2. The van der Waals surface area contributed by atoms with Crippen LogP contribution < -0.4 is 14.4 Å². The van der Waals surface area contributed by atoms with E-state index >= 15 is 0 Å². The van der Waals surface area contributed by atoms with E-state index in [0.717, 1.165) is 54.0 Å². The Balaban J connectivity index is 1.00. The van der Waals surface area contributed by atoms with Gasteiger partial charge in [0.05, 0.1) is 13.2 Å². The van der Waals surface area contributed by atoms with Gasteiger partial charge in [-0.05, 0) is 78.6 Å². The van der Waals surface area contributed by atoms with Crippen LogP contribution in [-0.4, -0.2) is 81.8 Å². The summed E-state index contributed by atoms with van der Waals surface area (Å²) in [6.45, 7) is 4.43. The molecule has 0 N–H and O–H groups in total. The normalized spacial score (nSPS) is 14.2. The molecule has 1 aliphatic heterocycles. The van der Waals surface area contributed by atoms with Crippen LogP contribution >= 0.6 is 21.6 Å². The number of nitrogens with zero attached hydrogens (tertiary/aromatic N) is 4. The molecule has 1 unspecified atom stereocenters. The number of carbonyl (C=O) groups is 2. The summed E-state index contributed by atoms with van der Waals surface area (Å²) >= 11 is 0. The molecule has 0 aliphatic carbocycles. The number of rotatable bonds is 19. The number of ether oxygens (including phenoxy) is 2. The first-order chi connectivity index (χ1) is 24.7. The highest BCUT2D eigenvalue weighted by atomic mass is 33.1. The van der Waals surface area contributed by atoms with Gasteiger partial charge in [0.1, 0.15) is 18.6 Å². The maximum Gasteiger partial charge on any atom is 0.316 e. The minimum atomic E-state index is -0.277. The number of carbonyl (C=O) groups excluding carboxylic acids is 2. The van der Waals surface area contributed by atoms with E-state index in [1.807, 2.05) is 38.1 Å². The minimum absolute atomic E-state index is 0.190. The molecular formula is C41H51N4O4S2+. The molecule has 270 valence electrons. The zero-order valence-corrected chi connectivity index (χ0v) is 32.1. The summed E-state index contributed by atoms with van der Waals surface area (Å²) in [4.78, 5) is 30.8. The Morgan fingerprint density at radius 3 is 1.67 bits per heavy atom. The number of likely N-dealkylation sites (N-methyl/N-ethyl adjacent to an activating group) is 1. The number of hydrogen-bond donors (Lipinski definition) is 0. The van der Waals surface area contributed by atoms with Gasteiger partial charge >= 0.3 is 11.9 Å². The van der Waals surface area contributed by atoms with Gasteiger partial charge in [-0.2, -0.15) is 0 Å². The molecule has 0 saturated heterocycles. The summed E-state index contributed by atoms with van der Waals surface area (Å²) < 4.78 is 12.8. The second-order valence-electron chi connectivity index (χ2n) is 12.6. The van der Waals surface area contributed by atoms with Crippen molar-refractivity contribution in [2.45, 2.75) is 25.8 Å². The Kier molecular flexibility index (Phi) is 16.3. The summed E-state index contributed by atoms with van der Waals surface area (Å²) in [5, 5.41) is 0. The predicted octanol–water partition coefficient (Wildman–Crippen LogP) is 7.29. The second-order valence-corrected chi connectivity index (χ2v) is 15.0. The second kappa shape index (κ2) is 21.1. The first-order valence-corrected chi connectivity index (χ1v) is 19.8. The quantitative estimate of drug-likeness (QED) is 0.0549. The van der Waals surface area contributed by atoms with Gasteiger partial charge in [-0.15, -0.1) is 0 Å². The van der Waals surface area contributed by atoms with E-state index in [0.29, 0.717) is 19.3 Å². The number of benzene rings is 2. The smallest absolute Gasteiger partial charge is 0.316 e. The molecule has 0 amide bonds. The van der Waals surface area contributed by atoms with Gasteiger partial charge in [-0.3, -0.25) is 9.59 Å². The van der Waals surface area contributed by atoms with E-state index < -0.39 is 0 Å². The highest BCUT2D eigenvalue weighted by Crippen LogP contribution is 2.22. The maximum atomic E-state index is 12.1. The lowest BCUT2D eigenvalue weighted by atomic mass is 10.1. The van der Waals surface area contributed by atoms with Gasteiger partial charge < -0.3 is 24.2 Å². The van der Waals surface area contributed by atoms with E-state index in [2.05, 4.69) is 132 Å². The Labute approximate surface area is 311 Å². The lowest BCUT2D eigenvalue weighted by Gasteiger charge is -2.23. The Hall–Kier alpha value is -4.41. The van der Waals surface area contributed by atoms with Gasteiger partial charge in [0.2, 0.25) is 0 Å². The minimum Gasteiger partial charge on any atom is -0.465 e. The molecular weight excluding hydrogens is 677 g/mol. The highest BCUT2D eigenvalue weighted by Gasteiger charge is 2.09. The number of aryl methyl sites for hydroxylation is 1. The molecule has 1 aromatic heterocycles. The SMILES string of the molecule is CC1C=C(/C=C/c2ccc(N(C)CCCOC(=O)CSSCC(=O)OCCCN(C)c3ccc(/C=C/c4cc[n+](C)cc4)cc3)cc2)C=CN1C. The zero-order chi connectivity index (χ0) is 36.4.